The highest BCUT2D eigenvalue weighted by molar-refractivity contribution is 7.99. The molecule has 0 amide bonds. The second-order valence-corrected chi connectivity index (χ2v) is 4.41. The lowest BCUT2D eigenvalue weighted by atomic mass is 10.2. The second kappa shape index (κ2) is 6.07. The number of thioether (sulfide) groups is 1. The number of aliphatic hydroxyl groups is 2. The molecule has 84 valence electrons. The first kappa shape index (κ1) is 12.4. The molecule has 1 aromatic rings. The minimum Gasteiger partial charge on any atom is -0.394 e. The average molecular weight is 228 g/mol. The van der Waals surface area contributed by atoms with Gasteiger partial charge in [0, 0.05) is 18.0 Å². The van der Waals surface area contributed by atoms with Crippen LogP contribution in [0.2, 0.25) is 0 Å². The summed E-state index contributed by atoms with van der Waals surface area (Å²) in [6, 6.07) is 3.78. The van der Waals surface area contributed by atoms with E-state index in [1.165, 1.54) is 11.8 Å². The Morgan fingerprint density at radius 3 is 2.73 bits per heavy atom. The summed E-state index contributed by atoms with van der Waals surface area (Å²) in [5, 5.41) is 18.6. The number of hydrogen-bond acceptors (Lipinski definition) is 5. The van der Waals surface area contributed by atoms with Gasteiger partial charge in [-0.1, -0.05) is 6.07 Å². The highest BCUT2D eigenvalue weighted by Crippen LogP contribution is 2.17. The molecule has 1 unspecified atom stereocenters. The predicted octanol–water partition coefficient (Wildman–Crippen LogP) is 0.547. The summed E-state index contributed by atoms with van der Waals surface area (Å²) in [7, 11) is 0. The standard InChI is InChI=1S/C10H16N2O2S/c1-7(11)8-2-3-10(12-4-8)15-6-9(14)5-13/h2-4,7,9,13-14H,5-6,11H2,1H3/t7-,9?/m0/s1. The number of aromatic nitrogens is 1. The monoisotopic (exact) mass is 228 g/mol. The van der Waals surface area contributed by atoms with E-state index in [0.717, 1.165) is 10.6 Å². The average Bonchev–Trinajstić information content (AvgIpc) is 2.26. The molecular weight excluding hydrogens is 212 g/mol. The predicted molar refractivity (Wildman–Crippen MR) is 60.7 cm³/mol. The number of nitrogens with zero attached hydrogens (tertiary/aromatic N) is 1. The van der Waals surface area contributed by atoms with Gasteiger partial charge in [0.15, 0.2) is 0 Å². The molecule has 0 bridgehead atoms. The van der Waals surface area contributed by atoms with E-state index in [-0.39, 0.29) is 12.6 Å². The first-order chi connectivity index (χ1) is 7.13. The van der Waals surface area contributed by atoms with E-state index in [9.17, 15) is 0 Å². The molecule has 15 heavy (non-hydrogen) atoms. The third kappa shape index (κ3) is 4.17. The van der Waals surface area contributed by atoms with Gasteiger partial charge in [0.1, 0.15) is 0 Å². The van der Waals surface area contributed by atoms with E-state index in [2.05, 4.69) is 4.98 Å². The van der Waals surface area contributed by atoms with E-state index in [4.69, 9.17) is 15.9 Å². The van der Waals surface area contributed by atoms with Crippen LogP contribution in [0.15, 0.2) is 23.4 Å². The summed E-state index contributed by atoms with van der Waals surface area (Å²) in [4.78, 5) is 4.20. The molecule has 4 nitrogen and oxygen atoms in total. The van der Waals surface area contributed by atoms with Crippen molar-refractivity contribution in [1.29, 1.82) is 0 Å². The summed E-state index contributed by atoms with van der Waals surface area (Å²) in [6.45, 7) is 1.68. The first-order valence-electron chi connectivity index (χ1n) is 4.76. The lowest BCUT2D eigenvalue weighted by Gasteiger charge is -2.07. The van der Waals surface area contributed by atoms with Gasteiger partial charge in [0.25, 0.3) is 0 Å². The Hall–Kier alpha value is -0.620. The first-order valence-corrected chi connectivity index (χ1v) is 5.75. The summed E-state index contributed by atoms with van der Waals surface area (Å²) in [6.07, 6.45) is 1.04. The van der Waals surface area contributed by atoms with E-state index in [0.29, 0.717) is 5.75 Å². The van der Waals surface area contributed by atoms with Crippen LogP contribution in [0.3, 0.4) is 0 Å². The van der Waals surface area contributed by atoms with Crippen molar-refractivity contribution in [2.45, 2.75) is 24.1 Å². The Bertz CT molecular complexity index is 290. The fraction of sp³-hybridized carbons (Fsp3) is 0.500. The molecule has 0 fully saturated rings. The molecular formula is C10H16N2O2S. The van der Waals surface area contributed by atoms with Gasteiger partial charge < -0.3 is 15.9 Å². The van der Waals surface area contributed by atoms with E-state index >= 15 is 0 Å². The van der Waals surface area contributed by atoms with Crippen molar-refractivity contribution < 1.29 is 10.2 Å². The lowest BCUT2D eigenvalue weighted by Crippen LogP contribution is -2.14. The maximum Gasteiger partial charge on any atom is 0.0960 e. The van der Waals surface area contributed by atoms with E-state index in [1.54, 1.807) is 6.20 Å². The van der Waals surface area contributed by atoms with Crippen LogP contribution in [0.1, 0.15) is 18.5 Å². The van der Waals surface area contributed by atoms with Gasteiger partial charge in [-0.2, -0.15) is 0 Å². The van der Waals surface area contributed by atoms with Crippen molar-refractivity contribution in [1.82, 2.24) is 4.98 Å². The van der Waals surface area contributed by atoms with Crippen molar-refractivity contribution in [2.75, 3.05) is 12.4 Å². The van der Waals surface area contributed by atoms with Crippen LogP contribution in [-0.4, -0.2) is 33.7 Å². The lowest BCUT2D eigenvalue weighted by molar-refractivity contribution is 0.113. The molecule has 0 radical (unpaired) electrons. The van der Waals surface area contributed by atoms with Gasteiger partial charge in [-0.25, -0.2) is 4.98 Å². The van der Waals surface area contributed by atoms with Crippen LogP contribution in [-0.2, 0) is 0 Å². The van der Waals surface area contributed by atoms with Gasteiger partial charge >= 0.3 is 0 Å². The number of aliphatic hydroxyl groups excluding tert-OH is 2. The molecule has 2 atom stereocenters. The molecule has 0 aromatic carbocycles. The molecule has 0 saturated heterocycles. The minimum atomic E-state index is -0.690. The van der Waals surface area contributed by atoms with Crippen LogP contribution < -0.4 is 5.73 Å². The number of hydrogen-bond donors (Lipinski definition) is 3. The Balaban J connectivity index is 2.50. The number of nitrogens with two attached hydrogens (primary N) is 1. The van der Waals surface area contributed by atoms with Crippen molar-refractivity contribution in [2.24, 2.45) is 5.73 Å². The molecule has 1 aromatic heterocycles. The Kier molecular flexibility index (Phi) is 5.04. The van der Waals surface area contributed by atoms with Gasteiger partial charge in [0.05, 0.1) is 17.7 Å². The van der Waals surface area contributed by atoms with E-state index < -0.39 is 6.10 Å². The smallest absolute Gasteiger partial charge is 0.0960 e. The van der Waals surface area contributed by atoms with Crippen LogP contribution >= 0.6 is 11.8 Å². The zero-order valence-electron chi connectivity index (χ0n) is 8.63. The van der Waals surface area contributed by atoms with Crippen molar-refractivity contribution in [3.8, 4) is 0 Å². The third-order valence-corrected chi connectivity index (χ3v) is 3.01. The van der Waals surface area contributed by atoms with Crippen LogP contribution in [0.25, 0.3) is 0 Å². The van der Waals surface area contributed by atoms with Gasteiger partial charge in [0.2, 0.25) is 0 Å². The quantitative estimate of drug-likeness (QED) is 0.641. The summed E-state index contributed by atoms with van der Waals surface area (Å²) in [5.41, 5.74) is 6.68. The molecule has 0 aliphatic carbocycles. The fourth-order valence-electron chi connectivity index (χ4n) is 0.981. The normalized spacial score (nSPS) is 14.9. The zero-order chi connectivity index (χ0) is 11.3. The number of pyridine rings is 1. The molecule has 0 aliphatic heterocycles. The molecule has 0 aliphatic rings. The van der Waals surface area contributed by atoms with Crippen molar-refractivity contribution >= 4 is 11.8 Å². The van der Waals surface area contributed by atoms with Gasteiger partial charge in [-0.3, -0.25) is 0 Å². The Morgan fingerprint density at radius 1 is 1.53 bits per heavy atom. The fourth-order valence-corrected chi connectivity index (χ4v) is 1.74. The molecule has 4 N–H and O–H groups in total. The van der Waals surface area contributed by atoms with Crippen molar-refractivity contribution in [3.63, 3.8) is 0 Å². The largest absolute Gasteiger partial charge is 0.394 e. The van der Waals surface area contributed by atoms with Crippen LogP contribution in [0.5, 0.6) is 0 Å². The van der Waals surface area contributed by atoms with Gasteiger partial charge in [-0.05, 0) is 18.6 Å². The van der Waals surface area contributed by atoms with E-state index in [1.807, 2.05) is 19.1 Å². The zero-order valence-corrected chi connectivity index (χ0v) is 9.44. The Labute approximate surface area is 93.5 Å². The number of rotatable bonds is 5. The Morgan fingerprint density at radius 2 is 2.27 bits per heavy atom. The molecule has 1 rings (SSSR count). The topological polar surface area (TPSA) is 79.4 Å². The summed E-state index contributed by atoms with van der Waals surface area (Å²) in [5.74, 6) is 0.445. The van der Waals surface area contributed by atoms with Crippen LogP contribution in [0.4, 0.5) is 0 Å². The third-order valence-electron chi connectivity index (χ3n) is 1.92. The maximum atomic E-state index is 9.14. The summed E-state index contributed by atoms with van der Waals surface area (Å²) < 4.78 is 0. The summed E-state index contributed by atoms with van der Waals surface area (Å²) >= 11 is 1.41. The van der Waals surface area contributed by atoms with Crippen LogP contribution in [0, 0.1) is 0 Å². The minimum absolute atomic E-state index is 0.0143. The second-order valence-electron chi connectivity index (χ2n) is 3.37. The van der Waals surface area contributed by atoms with Gasteiger partial charge in [-0.15, -0.1) is 11.8 Å². The maximum absolute atomic E-state index is 9.14. The SMILES string of the molecule is C[C@H](N)c1ccc(SCC(O)CO)nc1. The molecule has 0 spiro atoms. The molecule has 1 heterocycles. The highest BCUT2D eigenvalue weighted by Gasteiger charge is 2.04. The highest BCUT2D eigenvalue weighted by atomic mass is 32.2. The van der Waals surface area contributed by atoms with Crippen molar-refractivity contribution in [3.05, 3.63) is 23.9 Å². The molecule has 5 heteroatoms. The molecule has 0 saturated carbocycles.